The molecular formula is C46H78NO8P. The molecule has 0 fully saturated rings. The fourth-order valence-corrected chi connectivity index (χ4v) is 6.08. The van der Waals surface area contributed by atoms with Gasteiger partial charge in [-0.1, -0.05) is 93.2 Å². The molecule has 1 unspecified atom stereocenters. The average Bonchev–Trinajstić information content (AvgIpc) is 3.10. The largest absolute Gasteiger partial charge is 0.480 e. The average molecular weight is 804 g/mol. The number of aliphatic carboxylic acids is 1. The Hall–Kier alpha value is -2.62. The van der Waals surface area contributed by atoms with Gasteiger partial charge in [0.05, 0.1) is 33.0 Å². The van der Waals surface area contributed by atoms with Crippen molar-refractivity contribution in [2.75, 3.05) is 33.0 Å². The van der Waals surface area contributed by atoms with E-state index in [9.17, 15) is 14.3 Å². The lowest BCUT2D eigenvalue weighted by molar-refractivity contribution is -0.139. The second-order valence-electron chi connectivity index (χ2n) is 15.6. The molecule has 4 N–H and O–H groups in total. The van der Waals surface area contributed by atoms with E-state index in [4.69, 9.17) is 29.4 Å². The van der Waals surface area contributed by atoms with Gasteiger partial charge < -0.3 is 25.2 Å². The molecule has 56 heavy (non-hydrogen) atoms. The van der Waals surface area contributed by atoms with E-state index in [0.29, 0.717) is 6.61 Å². The molecule has 0 heterocycles. The Labute approximate surface area is 341 Å². The molecule has 0 bridgehead atoms. The molecule has 0 saturated heterocycles. The normalized spacial score (nSPS) is 15.7. The van der Waals surface area contributed by atoms with Gasteiger partial charge >= 0.3 is 13.8 Å². The third kappa shape index (κ3) is 33.5. The summed E-state index contributed by atoms with van der Waals surface area (Å²) in [6.45, 7) is 21.3. The molecule has 0 rings (SSSR count). The van der Waals surface area contributed by atoms with Crippen LogP contribution in [0.25, 0.3) is 0 Å². The molecule has 0 aliphatic carbocycles. The molecule has 0 radical (unpaired) electrons. The molecule has 10 heteroatoms. The van der Waals surface area contributed by atoms with Gasteiger partial charge in [-0.05, 0) is 146 Å². The Kier molecular flexibility index (Phi) is 30.8. The van der Waals surface area contributed by atoms with Gasteiger partial charge in [-0.3, -0.25) is 13.8 Å². The van der Waals surface area contributed by atoms with Crippen LogP contribution in [0.2, 0.25) is 0 Å². The van der Waals surface area contributed by atoms with Crippen LogP contribution in [0.3, 0.4) is 0 Å². The first-order valence-corrected chi connectivity index (χ1v) is 21.9. The maximum Gasteiger partial charge on any atom is 0.472 e. The lowest BCUT2D eigenvalue weighted by atomic mass is 10.0. The van der Waals surface area contributed by atoms with Crippen molar-refractivity contribution in [3.05, 3.63) is 93.2 Å². The van der Waals surface area contributed by atoms with Crippen LogP contribution in [-0.2, 0) is 27.9 Å². The predicted octanol–water partition coefficient (Wildman–Crippen LogP) is 12.2. The highest BCUT2D eigenvalue weighted by Crippen LogP contribution is 2.43. The summed E-state index contributed by atoms with van der Waals surface area (Å²) in [6, 6.07) is -1.45. The van der Waals surface area contributed by atoms with Crippen LogP contribution in [0.15, 0.2) is 93.2 Å². The van der Waals surface area contributed by atoms with Crippen LogP contribution in [0, 0.1) is 0 Å². The molecule has 3 atom stereocenters. The summed E-state index contributed by atoms with van der Waals surface area (Å²) in [5.41, 5.74) is 16.2. The SMILES string of the molecule is CC(C)=CCC/C(C)=C/CC/C(C)=C/CC/C(C)=C/COC[C@@H](COP(=O)(O)OC[C@H](N)C(=O)O)OC/C=C(\C)CC/C=C(\C)CC/C=C(\C)CCC=C(C)C. The van der Waals surface area contributed by atoms with Crippen molar-refractivity contribution in [2.45, 2.75) is 158 Å². The molecule has 0 aromatic carbocycles. The molecule has 0 amide bonds. The second kappa shape index (κ2) is 32.3. The Balaban J connectivity index is 5.00. The Morgan fingerprint density at radius 3 is 1.25 bits per heavy atom. The summed E-state index contributed by atoms with van der Waals surface area (Å²) in [7, 11) is -4.56. The Morgan fingerprint density at radius 2 is 0.875 bits per heavy atom. The number of phosphoric ester groups is 1. The number of hydrogen-bond acceptors (Lipinski definition) is 7. The van der Waals surface area contributed by atoms with Crippen LogP contribution in [0.5, 0.6) is 0 Å². The highest BCUT2D eigenvalue weighted by atomic mass is 31.2. The Morgan fingerprint density at radius 1 is 0.536 bits per heavy atom. The minimum atomic E-state index is -4.56. The summed E-state index contributed by atoms with van der Waals surface area (Å²) < 4.78 is 34.2. The van der Waals surface area contributed by atoms with Gasteiger partial charge in [0.15, 0.2) is 0 Å². The van der Waals surface area contributed by atoms with Crippen LogP contribution >= 0.6 is 7.82 Å². The van der Waals surface area contributed by atoms with E-state index >= 15 is 0 Å². The van der Waals surface area contributed by atoms with Gasteiger partial charge in [-0.15, -0.1) is 0 Å². The van der Waals surface area contributed by atoms with Crippen LogP contribution in [-0.4, -0.2) is 61.1 Å². The molecule has 9 nitrogen and oxygen atoms in total. The molecule has 0 saturated carbocycles. The van der Waals surface area contributed by atoms with E-state index in [-0.39, 0.29) is 19.8 Å². The van der Waals surface area contributed by atoms with Crippen molar-refractivity contribution in [3.63, 3.8) is 0 Å². The number of ether oxygens (including phenoxy) is 2. The molecular weight excluding hydrogens is 725 g/mol. The lowest BCUT2D eigenvalue weighted by Gasteiger charge is -2.20. The van der Waals surface area contributed by atoms with E-state index < -0.39 is 32.5 Å². The van der Waals surface area contributed by atoms with E-state index in [1.807, 2.05) is 12.2 Å². The maximum atomic E-state index is 12.4. The van der Waals surface area contributed by atoms with Gasteiger partial charge in [0.2, 0.25) is 0 Å². The lowest BCUT2D eigenvalue weighted by Crippen LogP contribution is -2.34. The van der Waals surface area contributed by atoms with Crippen molar-refractivity contribution >= 4 is 13.8 Å². The highest BCUT2D eigenvalue weighted by molar-refractivity contribution is 7.47. The van der Waals surface area contributed by atoms with Crippen LogP contribution in [0.4, 0.5) is 0 Å². The quantitative estimate of drug-likeness (QED) is 0.0345. The first-order valence-electron chi connectivity index (χ1n) is 20.4. The number of carbonyl (C=O) groups is 1. The molecule has 320 valence electrons. The van der Waals surface area contributed by atoms with Gasteiger partial charge in [0.1, 0.15) is 12.1 Å². The zero-order chi connectivity index (χ0) is 42.4. The zero-order valence-electron chi connectivity index (χ0n) is 36.7. The summed E-state index contributed by atoms with van der Waals surface area (Å²) in [6.07, 6.45) is 29.6. The van der Waals surface area contributed by atoms with E-state index in [1.54, 1.807) is 0 Å². The fraction of sp³-hybridized carbons (Fsp3) is 0.630. The van der Waals surface area contributed by atoms with E-state index in [0.717, 1.165) is 77.0 Å². The number of carboxylic acid groups (broad SMARTS) is 1. The Bertz CT molecular complexity index is 1420. The number of allylic oxidation sites excluding steroid dienone is 14. The smallest absolute Gasteiger partial charge is 0.472 e. The van der Waals surface area contributed by atoms with Crippen molar-refractivity contribution in [1.29, 1.82) is 0 Å². The number of phosphoric acid groups is 1. The van der Waals surface area contributed by atoms with Gasteiger partial charge in [0.25, 0.3) is 0 Å². The third-order valence-electron chi connectivity index (χ3n) is 9.08. The van der Waals surface area contributed by atoms with E-state index in [2.05, 4.69) is 106 Å². The molecule has 0 spiro atoms. The molecule has 0 aliphatic rings. The van der Waals surface area contributed by atoms with E-state index in [1.165, 1.54) is 44.6 Å². The predicted molar refractivity (Wildman–Crippen MR) is 235 cm³/mol. The topological polar surface area (TPSA) is 138 Å². The number of nitrogens with two attached hydrogens (primary N) is 1. The molecule has 0 aromatic rings. The third-order valence-corrected chi connectivity index (χ3v) is 10.0. The maximum absolute atomic E-state index is 12.4. The number of carboxylic acids is 1. The minimum Gasteiger partial charge on any atom is -0.480 e. The summed E-state index contributed by atoms with van der Waals surface area (Å²) in [5.74, 6) is -1.35. The standard InChI is InChI=1S/C46H78NO8P/c1-36(2)17-11-19-38(5)21-13-23-40(7)25-15-27-42(9)29-31-52-33-44(34-54-56(50,51)55-35-45(47)46(48)49)53-32-30-43(10)28-16-26-41(8)24-14-22-39(6)20-12-18-37(3)4/h17-18,21-22,25-26,29-30,44-45H,11-16,19-20,23-24,27-28,31-35,47H2,1-10H3,(H,48,49)(H,50,51)/b38-21+,39-22+,40-25+,41-26+,42-29+,43-30+/t44-,45-/m0/s1. The van der Waals surface area contributed by atoms with Crippen LogP contribution < -0.4 is 5.73 Å². The zero-order valence-corrected chi connectivity index (χ0v) is 37.6. The summed E-state index contributed by atoms with van der Waals surface area (Å²) in [4.78, 5) is 21.1. The first-order chi connectivity index (χ1) is 26.4. The molecule has 0 aromatic heterocycles. The van der Waals surface area contributed by atoms with Crippen molar-refractivity contribution < 1.29 is 37.9 Å². The minimum absolute atomic E-state index is 0.121. The highest BCUT2D eigenvalue weighted by Gasteiger charge is 2.26. The van der Waals surface area contributed by atoms with Gasteiger partial charge in [-0.2, -0.15) is 0 Å². The summed E-state index contributed by atoms with van der Waals surface area (Å²) >= 11 is 0. The first kappa shape index (κ1) is 53.4. The fourth-order valence-electron chi connectivity index (χ4n) is 5.31. The molecule has 0 aliphatic heterocycles. The summed E-state index contributed by atoms with van der Waals surface area (Å²) in [5, 5.41) is 8.95. The van der Waals surface area contributed by atoms with Crippen molar-refractivity contribution in [1.82, 2.24) is 0 Å². The van der Waals surface area contributed by atoms with Crippen molar-refractivity contribution in [2.24, 2.45) is 5.73 Å². The second-order valence-corrected chi connectivity index (χ2v) is 17.0. The monoisotopic (exact) mass is 804 g/mol. The number of hydrogen-bond donors (Lipinski definition) is 3. The number of rotatable bonds is 32. The van der Waals surface area contributed by atoms with Gasteiger partial charge in [0, 0.05) is 0 Å². The van der Waals surface area contributed by atoms with Crippen LogP contribution in [0.1, 0.15) is 146 Å². The van der Waals surface area contributed by atoms with Crippen molar-refractivity contribution in [3.8, 4) is 0 Å². The van der Waals surface area contributed by atoms with Gasteiger partial charge in [-0.25, -0.2) is 4.57 Å².